The van der Waals surface area contributed by atoms with Gasteiger partial charge in [-0.15, -0.1) is 0 Å². The number of nitrogens with two attached hydrogens (primary N) is 1. The summed E-state index contributed by atoms with van der Waals surface area (Å²) >= 11 is 0. The summed E-state index contributed by atoms with van der Waals surface area (Å²) in [6.07, 6.45) is 2.65. The summed E-state index contributed by atoms with van der Waals surface area (Å²) in [4.78, 5) is 16.3. The Morgan fingerprint density at radius 3 is 2.39 bits per heavy atom. The van der Waals surface area contributed by atoms with E-state index >= 15 is 4.39 Å². The zero-order valence-corrected chi connectivity index (χ0v) is 19.5. The summed E-state index contributed by atoms with van der Waals surface area (Å²) < 4.78 is 50.3. The Morgan fingerprint density at radius 1 is 0.711 bits per heavy atom. The van der Waals surface area contributed by atoms with E-state index in [4.69, 9.17) is 15.5 Å². The number of benzene rings is 2. The number of pyridine rings is 3. The molecule has 5 heterocycles. The fourth-order valence-corrected chi connectivity index (χ4v) is 5.24. The Bertz CT molecular complexity index is 1820. The number of amidine groups is 1. The monoisotopic (exact) mass is 507 g/mol. The first-order valence-corrected chi connectivity index (χ1v) is 11.7. The van der Waals surface area contributed by atoms with Gasteiger partial charge in [-0.1, -0.05) is 30.3 Å². The average molecular weight is 507 g/mol. The SMILES string of the molecule is NC1=N[C@@]2(c3cc(-c4cccnc4F)ccc3Oc3c2cc(-c2ccnc(F)c2)nc3F)c2ccccc21. The zero-order valence-electron chi connectivity index (χ0n) is 19.5. The van der Waals surface area contributed by atoms with Crippen molar-refractivity contribution in [3.63, 3.8) is 0 Å². The highest BCUT2D eigenvalue weighted by atomic mass is 19.1. The van der Waals surface area contributed by atoms with Crippen molar-refractivity contribution in [3.05, 3.63) is 125 Å². The molecule has 2 aliphatic heterocycles. The lowest BCUT2D eigenvalue weighted by Crippen LogP contribution is -2.30. The van der Waals surface area contributed by atoms with Crippen LogP contribution in [0.15, 0.2) is 90.2 Å². The molecule has 184 valence electrons. The fourth-order valence-electron chi connectivity index (χ4n) is 5.24. The van der Waals surface area contributed by atoms with Crippen molar-refractivity contribution >= 4 is 5.84 Å². The van der Waals surface area contributed by atoms with E-state index in [0.717, 1.165) is 0 Å². The largest absolute Gasteiger partial charge is 0.452 e. The highest BCUT2D eigenvalue weighted by Gasteiger charge is 2.50. The van der Waals surface area contributed by atoms with Crippen molar-refractivity contribution < 1.29 is 17.9 Å². The molecule has 0 saturated heterocycles. The van der Waals surface area contributed by atoms with Gasteiger partial charge in [0.05, 0.1) is 5.69 Å². The molecule has 2 aromatic carbocycles. The first-order valence-electron chi connectivity index (χ1n) is 11.7. The van der Waals surface area contributed by atoms with Crippen molar-refractivity contribution in [1.82, 2.24) is 15.0 Å². The molecule has 38 heavy (non-hydrogen) atoms. The molecule has 5 aromatic rings. The maximum atomic E-state index is 15.6. The molecule has 2 aliphatic rings. The summed E-state index contributed by atoms with van der Waals surface area (Å²) in [5.74, 6) is -1.79. The molecule has 0 radical (unpaired) electrons. The minimum absolute atomic E-state index is 0.121. The van der Waals surface area contributed by atoms with E-state index in [9.17, 15) is 8.78 Å². The summed E-state index contributed by atoms with van der Waals surface area (Å²) in [5.41, 5.74) is 8.65. The van der Waals surface area contributed by atoms with Crippen LogP contribution in [0.25, 0.3) is 22.4 Å². The third-order valence-electron chi connectivity index (χ3n) is 6.88. The van der Waals surface area contributed by atoms with Crippen LogP contribution in [0.4, 0.5) is 13.2 Å². The number of halogens is 3. The highest BCUT2D eigenvalue weighted by molar-refractivity contribution is 6.03. The standard InChI is InChI=1S/C29H16F3N5O/c30-24-13-16(9-11-34-24)22-14-21-25(27(32)36-22)38-23-8-7-15(17-5-3-10-35-26(17)31)12-20(23)29(21)19-6-2-1-4-18(19)28(33)37-29/h1-14H,(H2,33,37)/t29-/m1/s1. The Labute approximate surface area is 214 Å². The van der Waals surface area contributed by atoms with Crippen molar-refractivity contribution in [2.45, 2.75) is 5.54 Å². The van der Waals surface area contributed by atoms with Gasteiger partial charge in [0.25, 0.3) is 5.95 Å². The molecule has 3 aromatic heterocycles. The Balaban J connectivity index is 1.56. The highest BCUT2D eigenvalue weighted by Crippen LogP contribution is 2.57. The number of ether oxygens (including phenoxy) is 1. The van der Waals surface area contributed by atoms with Crippen LogP contribution >= 0.6 is 0 Å². The number of aromatic nitrogens is 3. The molecule has 0 saturated carbocycles. The molecule has 0 bridgehead atoms. The van der Waals surface area contributed by atoms with Crippen LogP contribution in [0, 0.1) is 17.8 Å². The molecule has 7 rings (SSSR count). The van der Waals surface area contributed by atoms with Crippen molar-refractivity contribution in [3.8, 4) is 33.9 Å². The summed E-state index contributed by atoms with van der Waals surface area (Å²) in [5, 5.41) is 0. The van der Waals surface area contributed by atoms with Crippen LogP contribution in [-0.2, 0) is 5.54 Å². The minimum Gasteiger partial charge on any atom is -0.452 e. The van der Waals surface area contributed by atoms with Crippen LogP contribution < -0.4 is 10.5 Å². The molecule has 0 fully saturated rings. The Hall–Kier alpha value is -5.05. The molecule has 2 N–H and O–H groups in total. The summed E-state index contributed by atoms with van der Waals surface area (Å²) in [6.45, 7) is 0. The molecule has 1 spiro atoms. The maximum absolute atomic E-state index is 15.6. The minimum atomic E-state index is -1.33. The van der Waals surface area contributed by atoms with Gasteiger partial charge in [-0.2, -0.15) is 13.2 Å². The quantitative estimate of drug-likeness (QED) is 0.308. The van der Waals surface area contributed by atoms with Gasteiger partial charge in [-0.05, 0) is 47.5 Å². The van der Waals surface area contributed by atoms with Crippen molar-refractivity contribution in [2.24, 2.45) is 10.7 Å². The molecular formula is C29H16F3N5O. The number of aliphatic imine (C=N–C) groups is 1. The number of nitrogens with zero attached hydrogens (tertiary/aromatic N) is 4. The predicted molar refractivity (Wildman–Crippen MR) is 134 cm³/mol. The lowest BCUT2D eigenvalue weighted by Gasteiger charge is -2.36. The van der Waals surface area contributed by atoms with Gasteiger partial charge in [-0.3, -0.25) is 0 Å². The number of rotatable bonds is 2. The van der Waals surface area contributed by atoms with E-state index in [-0.39, 0.29) is 22.8 Å². The van der Waals surface area contributed by atoms with Crippen LogP contribution in [0.1, 0.15) is 22.3 Å². The molecule has 6 nitrogen and oxygen atoms in total. The molecule has 0 aliphatic carbocycles. The van der Waals surface area contributed by atoms with Gasteiger partial charge in [0.15, 0.2) is 5.75 Å². The number of hydrogen-bond donors (Lipinski definition) is 1. The van der Waals surface area contributed by atoms with Gasteiger partial charge in [-0.25, -0.2) is 19.9 Å². The first-order chi connectivity index (χ1) is 18.5. The van der Waals surface area contributed by atoms with Gasteiger partial charge >= 0.3 is 0 Å². The third-order valence-corrected chi connectivity index (χ3v) is 6.88. The smallest absolute Gasteiger partial charge is 0.256 e. The van der Waals surface area contributed by atoms with E-state index in [1.54, 1.807) is 36.4 Å². The molecule has 0 amide bonds. The average Bonchev–Trinajstić information content (AvgIpc) is 3.22. The third kappa shape index (κ3) is 3.08. The second kappa shape index (κ2) is 7.97. The van der Waals surface area contributed by atoms with Crippen LogP contribution in [0.5, 0.6) is 11.5 Å². The first kappa shape index (κ1) is 22.2. The second-order valence-electron chi connectivity index (χ2n) is 8.95. The van der Waals surface area contributed by atoms with Crippen molar-refractivity contribution in [1.29, 1.82) is 0 Å². The normalized spacial score (nSPS) is 16.9. The van der Waals surface area contributed by atoms with Gasteiger partial charge in [0.2, 0.25) is 11.9 Å². The van der Waals surface area contributed by atoms with Gasteiger partial charge in [0.1, 0.15) is 17.1 Å². The lowest BCUT2D eigenvalue weighted by molar-refractivity contribution is 0.386. The number of fused-ring (bicyclic) bond motifs is 6. The fraction of sp³-hybridized carbons (Fsp3) is 0.0345. The van der Waals surface area contributed by atoms with Crippen LogP contribution in [-0.4, -0.2) is 20.8 Å². The lowest BCUT2D eigenvalue weighted by atomic mass is 9.75. The van der Waals surface area contributed by atoms with E-state index in [2.05, 4.69) is 15.0 Å². The molecule has 1 atom stereocenters. The number of hydrogen-bond acceptors (Lipinski definition) is 6. The van der Waals surface area contributed by atoms with E-state index in [0.29, 0.717) is 39.1 Å². The van der Waals surface area contributed by atoms with Gasteiger partial charge < -0.3 is 10.5 Å². The molecule has 9 heteroatoms. The molecular weight excluding hydrogens is 491 g/mol. The van der Waals surface area contributed by atoms with E-state index in [1.807, 2.05) is 24.3 Å². The summed E-state index contributed by atoms with van der Waals surface area (Å²) in [7, 11) is 0. The molecule has 0 unspecified atom stereocenters. The topological polar surface area (TPSA) is 86.3 Å². The van der Waals surface area contributed by atoms with Gasteiger partial charge in [0, 0.05) is 46.3 Å². The predicted octanol–water partition coefficient (Wildman–Crippen LogP) is 5.74. The zero-order chi connectivity index (χ0) is 26.0. The van der Waals surface area contributed by atoms with E-state index < -0.39 is 23.4 Å². The summed E-state index contributed by atoms with van der Waals surface area (Å²) in [6, 6.07) is 20.0. The van der Waals surface area contributed by atoms with Crippen LogP contribution in [0.3, 0.4) is 0 Å². The maximum Gasteiger partial charge on any atom is 0.256 e. The Kier molecular flexibility index (Phi) is 4.65. The van der Waals surface area contributed by atoms with Crippen molar-refractivity contribution in [2.75, 3.05) is 0 Å². The van der Waals surface area contributed by atoms with E-state index in [1.165, 1.54) is 24.5 Å². The van der Waals surface area contributed by atoms with Crippen LogP contribution in [0.2, 0.25) is 0 Å². The second-order valence-corrected chi connectivity index (χ2v) is 8.95. The Morgan fingerprint density at radius 2 is 1.55 bits per heavy atom.